The number of methoxy groups -OCH3 is 1. The van der Waals surface area contributed by atoms with E-state index in [0.29, 0.717) is 16.3 Å². The zero-order valence-electron chi connectivity index (χ0n) is 17.5. The molecule has 0 aromatic heterocycles. The molecule has 32 heavy (non-hydrogen) atoms. The number of ketones is 1. The van der Waals surface area contributed by atoms with Gasteiger partial charge in [-0.05, 0) is 61.5 Å². The lowest BCUT2D eigenvalue weighted by Crippen LogP contribution is -2.26. The SMILES string of the molecule is COc1cc(C(C)=O)ccc1OC(=O)c1cccc(S(=O)(=O)N(C)c2cccc(Cl)c2)c1. The molecule has 166 valence electrons. The van der Waals surface area contributed by atoms with Gasteiger partial charge in [0.25, 0.3) is 10.0 Å². The fraction of sp³-hybridized carbons (Fsp3) is 0.130. The maximum absolute atomic E-state index is 13.1. The lowest BCUT2D eigenvalue weighted by Gasteiger charge is -2.20. The quantitative estimate of drug-likeness (QED) is 0.283. The van der Waals surface area contributed by atoms with E-state index in [1.165, 1.54) is 69.6 Å². The molecule has 0 unspecified atom stereocenters. The summed E-state index contributed by atoms with van der Waals surface area (Å²) >= 11 is 5.97. The molecule has 0 radical (unpaired) electrons. The average Bonchev–Trinajstić information content (AvgIpc) is 2.78. The molecular formula is C23H20ClNO6S. The summed E-state index contributed by atoms with van der Waals surface area (Å²) in [4.78, 5) is 24.1. The molecule has 3 rings (SSSR count). The first-order valence-corrected chi connectivity index (χ1v) is 11.2. The number of anilines is 1. The third-order valence-corrected chi connectivity index (χ3v) is 6.69. The van der Waals surface area contributed by atoms with E-state index >= 15 is 0 Å². The van der Waals surface area contributed by atoms with Crippen molar-refractivity contribution in [2.75, 3.05) is 18.5 Å². The molecule has 0 spiro atoms. The largest absolute Gasteiger partial charge is 0.493 e. The molecule has 0 aliphatic rings. The fourth-order valence-electron chi connectivity index (χ4n) is 2.88. The second kappa shape index (κ2) is 9.42. The summed E-state index contributed by atoms with van der Waals surface area (Å²) in [5, 5.41) is 0.395. The van der Waals surface area contributed by atoms with Crippen molar-refractivity contribution in [2.45, 2.75) is 11.8 Å². The zero-order valence-corrected chi connectivity index (χ0v) is 19.1. The van der Waals surface area contributed by atoms with Crippen LogP contribution in [-0.2, 0) is 10.0 Å². The van der Waals surface area contributed by atoms with Gasteiger partial charge in [0.15, 0.2) is 17.3 Å². The number of sulfonamides is 1. The average molecular weight is 474 g/mol. The van der Waals surface area contributed by atoms with Crippen LogP contribution in [0.15, 0.2) is 71.6 Å². The van der Waals surface area contributed by atoms with Gasteiger partial charge in [0.1, 0.15) is 0 Å². The minimum absolute atomic E-state index is 0.0308. The Morgan fingerprint density at radius 3 is 2.28 bits per heavy atom. The standard InChI is InChI=1S/C23H20ClNO6S/c1-15(26)16-10-11-21(22(13-16)30-3)31-23(27)17-6-4-9-20(12-17)32(28,29)25(2)19-8-5-7-18(24)14-19/h4-14H,1-3H3. The Labute approximate surface area is 191 Å². The van der Waals surface area contributed by atoms with Crippen molar-refractivity contribution < 1.29 is 27.5 Å². The van der Waals surface area contributed by atoms with Crippen LogP contribution in [0.5, 0.6) is 11.5 Å². The van der Waals surface area contributed by atoms with E-state index in [1.54, 1.807) is 18.2 Å². The lowest BCUT2D eigenvalue weighted by atomic mass is 10.1. The van der Waals surface area contributed by atoms with E-state index in [0.717, 1.165) is 4.31 Å². The van der Waals surface area contributed by atoms with Gasteiger partial charge in [-0.15, -0.1) is 0 Å². The molecule has 0 amide bonds. The summed E-state index contributed by atoms with van der Waals surface area (Å²) in [5.41, 5.74) is 0.808. The van der Waals surface area contributed by atoms with Gasteiger partial charge in [-0.25, -0.2) is 13.2 Å². The van der Waals surface area contributed by atoms with E-state index in [2.05, 4.69) is 0 Å². The second-order valence-electron chi connectivity index (χ2n) is 6.79. The number of carbonyl (C=O) groups excluding carboxylic acids is 2. The number of Topliss-reactive ketones (excluding diaryl/α,β-unsaturated/α-hetero) is 1. The molecule has 0 atom stereocenters. The zero-order chi connectivity index (χ0) is 23.5. The molecule has 0 aliphatic carbocycles. The van der Waals surface area contributed by atoms with E-state index in [1.807, 2.05) is 0 Å². The predicted molar refractivity (Wildman–Crippen MR) is 121 cm³/mol. The highest BCUT2D eigenvalue weighted by atomic mass is 35.5. The summed E-state index contributed by atoms with van der Waals surface area (Å²) in [7, 11) is -1.18. The smallest absolute Gasteiger partial charge is 0.343 e. The van der Waals surface area contributed by atoms with Gasteiger partial charge in [0.2, 0.25) is 0 Å². The maximum Gasteiger partial charge on any atom is 0.343 e. The summed E-state index contributed by atoms with van der Waals surface area (Å²) in [5.74, 6) is -0.633. The molecular weight excluding hydrogens is 454 g/mol. The molecule has 0 N–H and O–H groups in total. The Morgan fingerprint density at radius 2 is 1.62 bits per heavy atom. The number of rotatable bonds is 7. The van der Waals surface area contributed by atoms with E-state index in [9.17, 15) is 18.0 Å². The Hall–Kier alpha value is -3.36. The Kier molecular flexibility index (Phi) is 6.86. The molecule has 0 bridgehead atoms. The normalized spacial score (nSPS) is 11.0. The van der Waals surface area contributed by atoms with Crippen molar-refractivity contribution in [1.29, 1.82) is 0 Å². The van der Waals surface area contributed by atoms with Crippen molar-refractivity contribution in [3.05, 3.63) is 82.9 Å². The van der Waals surface area contributed by atoms with Crippen LogP contribution in [0, 0.1) is 0 Å². The van der Waals surface area contributed by atoms with E-state index in [-0.39, 0.29) is 27.7 Å². The molecule has 9 heteroatoms. The number of hydrogen-bond donors (Lipinski definition) is 0. The lowest BCUT2D eigenvalue weighted by molar-refractivity contribution is 0.0729. The van der Waals surface area contributed by atoms with Crippen LogP contribution in [0.4, 0.5) is 5.69 Å². The van der Waals surface area contributed by atoms with Gasteiger partial charge >= 0.3 is 5.97 Å². The van der Waals surface area contributed by atoms with Crippen molar-refractivity contribution in [3.8, 4) is 11.5 Å². The number of halogens is 1. The third kappa shape index (κ3) is 4.92. The summed E-state index contributed by atoms with van der Waals surface area (Å²) in [6.45, 7) is 1.41. The molecule has 0 heterocycles. The number of hydrogen-bond acceptors (Lipinski definition) is 6. The van der Waals surface area contributed by atoms with Crippen molar-refractivity contribution in [2.24, 2.45) is 0 Å². The Balaban J connectivity index is 1.89. The Morgan fingerprint density at radius 1 is 0.906 bits per heavy atom. The molecule has 3 aromatic carbocycles. The van der Waals surface area contributed by atoms with Gasteiger partial charge in [-0.2, -0.15) is 0 Å². The number of nitrogens with zero attached hydrogens (tertiary/aromatic N) is 1. The van der Waals surface area contributed by atoms with Gasteiger partial charge < -0.3 is 9.47 Å². The first-order chi connectivity index (χ1) is 15.1. The highest BCUT2D eigenvalue weighted by molar-refractivity contribution is 7.92. The van der Waals surface area contributed by atoms with E-state index in [4.69, 9.17) is 21.1 Å². The first-order valence-electron chi connectivity index (χ1n) is 9.39. The minimum Gasteiger partial charge on any atom is -0.493 e. The summed E-state index contributed by atoms with van der Waals surface area (Å²) in [6.07, 6.45) is 0. The van der Waals surface area contributed by atoms with E-state index < -0.39 is 16.0 Å². The molecule has 3 aromatic rings. The number of carbonyl (C=O) groups is 2. The molecule has 0 aliphatic heterocycles. The Bertz CT molecular complexity index is 1290. The highest BCUT2D eigenvalue weighted by Gasteiger charge is 2.23. The van der Waals surface area contributed by atoms with Crippen LogP contribution < -0.4 is 13.8 Å². The van der Waals surface area contributed by atoms with Crippen LogP contribution in [0.1, 0.15) is 27.6 Å². The molecule has 0 saturated carbocycles. The van der Waals surface area contributed by atoms with Crippen LogP contribution in [0.25, 0.3) is 0 Å². The summed E-state index contributed by atoms with van der Waals surface area (Å²) in [6, 6.07) is 16.3. The van der Waals surface area contributed by atoms with Gasteiger partial charge in [0.05, 0.1) is 23.3 Å². The fourth-order valence-corrected chi connectivity index (χ4v) is 4.30. The van der Waals surface area contributed by atoms with Gasteiger partial charge in [-0.3, -0.25) is 9.10 Å². The van der Waals surface area contributed by atoms with Gasteiger partial charge in [0, 0.05) is 17.6 Å². The van der Waals surface area contributed by atoms with Crippen LogP contribution in [0.3, 0.4) is 0 Å². The molecule has 7 nitrogen and oxygen atoms in total. The molecule has 0 saturated heterocycles. The predicted octanol–water partition coefficient (Wildman–Crippen LogP) is 4.60. The van der Waals surface area contributed by atoms with Crippen molar-refractivity contribution >= 4 is 39.1 Å². The first kappa shape index (κ1) is 23.3. The summed E-state index contributed by atoms with van der Waals surface area (Å²) < 4.78 is 37.8. The molecule has 0 fully saturated rings. The van der Waals surface area contributed by atoms with Crippen molar-refractivity contribution in [1.82, 2.24) is 0 Å². The third-order valence-electron chi connectivity index (χ3n) is 4.67. The minimum atomic E-state index is -3.96. The van der Waals surface area contributed by atoms with Crippen LogP contribution in [-0.4, -0.2) is 34.3 Å². The van der Waals surface area contributed by atoms with Crippen LogP contribution in [0.2, 0.25) is 5.02 Å². The number of esters is 1. The second-order valence-corrected chi connectivity index (χ2v) is 9.20. The highest BCUT2D eigenvalue weighted by Crippen LogP contribution is 2.30. The number of benzene rings is 3. The number of ether oxygens (including phenoxy) is 2. The topological polar surface area (TPSA) is 90.0 Å². The monoisotopic (exact) mass is 473 g/mol. The van der Waals surface area contributed by atoms with Crippen LogP contribution >= 0.6 is 11.6 Å². The van der Waals surface area contributed by atoms with Crippen molar-refractivity contribution in [3.63, 3.8) is 0 Å². The van der Waals surface area contributed by atoms with Gasteiger partial charge in [-0.1, -0.05) is 23.7 Å². The maximum atomic E-state index is 13.1.